The summed E-state index contributed by atoms with van der Waals surface area (Å²) in [5.41, 5.74) is 4.26. The lowest BCUT2D eigenvalue weighted by Gasteiger charge is -2.54. The van der Waals surface area contributed by atoms with Crippen molar-refractivity contribution in [2.24, 2.45) is 11.8 Å². The van der Waals surface area contributed by atoms with Crippen molar-refractivity contribution in [2.75, 3.05) is 4.90 Å². The topological polar surface area (TPSA) is 63.7 Å². The maximum atomic E-state index is 14.1. The zero-order valence-electron chi connectivity index (χ0n) is 20.8. The minimum atomic E-state index is -1.25. The smallest absolute Gasteiger partial charge is 0.338 e. The van der Waals surface area contributed by atoms with Crippen LogP contribution in [-0.4, -0.2) is 17.8 Å². The van der Waals surface area contributed by atoms with Gasteiger partial charge in [0, 0.05) is 10.6 Å². The number of alkyl halides is 2. The monoisotopic (exact) mass is 587 g/mol. The Labute approximate surface area is 245 Å². The molecule has 2 amide bonds. The van der Waals surface area contributed by atoms with Crippen molar-refractivity contribution in [1.29, 1.82) is 0 Å². The molecule has 1 fully saturated rings. The number of hydrogen-bond acceptors (Lipinski definition) is 4. The second-order valence-electron chi connectivity index (χ2n) is 10.2. The van der Waals surface area contributed by atoms with Crippen LogP contribution in [0.3, 0.4) is 0 Å². The first-order chi connectivity index (χ1) is 19.3. The van der Waals surface area contributed by atoms with Gasteiger partial charge < -0.3 is 4.74 Å². The molecule has 4 aromatic carbocycles. The van der Waals surface area contributed by atoms with E-state index in [1.807, 2.05) is 54.6 Å². The molecule has 0 saturated carbocycles. The van der Waals surface area contributed by atoms with Crippen LogP contribution in [0, 0.1) is 11.8 Å². The van der Waals surface area contributed by atoms with Gasteiger partial charge in [-0.3, -0.25) is 9.59 Å². The molecular weight excluding hydrogens is 569 g/mol. The SMILES string of the molecule is O=C(OCc1ccccc1Cl)c1ccc(N2C(=O)[C@@H]3[C@@H](C2=O)C2(Cl)c4ccccc4C3(Cl)c3ccccc32)cc1. The summed E-state index contributed by atoms with van der Waals surface area (Å²) in [5, 5.41) is 0.505. The Hall–Kier alpha value is -3.64. The van der Waals surface area contributed by atoms with Crippen molar-refractivity contribution in [3.8, 4) is 0 Å². The Kier molecular flexibility index (Phi) is 5.66. The van der Waals surface area contributed by atoms with E-state index in [2.05, 4.69) is 0 Å². The summed E-state index contributed by atoms with van der Waals surface area (Å²) in [4.78, 5) is 39.5. The van der Waals surface area contributed by atoms with Crippen molar-refractivity contribution in [2.45, 2.75) is 16.4 Å². The molecule has 5 nitrogen and oxygen atoms in total. The van der Waals surface area contributed by atoms with Gasteiger partial charge in [-0.15, -0.1) is 23.2 Å². The Bertz CT molecular complexity index is 1610. The molecule has 1 saturated heterocycles. The van der Waals surface area contributed by atoms with Gasteiger partial charge in [0.15, 0.2) is 0 Å². The average molecular weight is 589 g/mol. The van der Waals surface area contributed by atoms with Crippen molar-refractivity contribution in [1.82, 2.24) is 0 Å². The fourth-order valence-corrected chi connectivity index (χ4v) is 7.80. The first kappa shape index (κ1) is 25.3. The molecule has 40 heavy (non-hydrogen) atoms. The molecule has 0 spiro atoms. The van der Waals surface area contributed by atoms with Crippen molar-refractivity contribution >= 4 is 58.3 Å². The lowest BCUT2D eigenvalue weighted by Crippen LogP contribution is -2.57. The van der Waals surface area contributed by atoms with Gasteiger partial charge >= 0.3 is 5.97 Å². The van der Waals surface area contributed by atoms with Crippen LogP contribution >= 0.6 is 34.8 Å². The predicted molar refractivity (Wildman–Crippen MR) is 153 cm³/mol. The van der Waals surface area contributed by atoms with Crippen LogP contribution in [0.5, 0.6) is 0 Å². The molecule has 0 unspecified atom stereocenters. The number of anilines is 1. The number of ether oxygens (including phenoxy) is 1. The highest BCUT2D eigenvalue weighted by atomic mass is 35.5. The molecule has 2 bridgehead atoms. The van der Waals surface area contributed by atoms with Gasteiger partial charge in [-0.1, -0.05) is 78.3 Å². The Morgan fingerprint density at radius 3 is 1.62 bits per heavy atom. The minimum absolute atomic E-state index is 0.0173. The van der Waals surface area contributed by atoms with Gasteiger partial charge in [-0.2, -0.15) is 0 Å². The molecule has 198 valence electrons. The lowest BCUT2D eigenvalue weighted by atomic mass is 9.54. The van der Waals surface area contributed by atoms with Gasteiger partial charge in [0.25, 0.3) is 0 Å². The van der Waals surface area contributed by atoms with Gasteiger partial charge in [0.1, 0.15) is 16.4 Å². The van der Waals surface area contributed by atoms with Crippen molar-refractivity contribution in [3.05, 3.63) is 135 Å². The van der Waals surface area contributed by atoms with E-state index in [0.29, 0.717) is 16.3 Å². The number of benzene rings is 4. The van der Waals surface area contributed by atoms with Gasteiger partial charge in [-0.25, -0.2) is 9.69 Å². The summed E-state index contributed by atoms with van der Waals surface area (Å²) in [7, 11) is 0. The van der Waals surface area contributed by atoms with E-state index in [-0.39, 0.29) is 12.2 Å². The van der Waals surface area contributed by atoms with Crippen LogP contribution in [0.2, 0.25) is 5.02 Å². The number of esters is 1. The minimum Gasteiger partial charge on any atom is -0.457 e. The molecule has 0 radical (unpaired) electrons. The molecule has 0 aromatic heterocycles. The lowest BCUT2D eigenvalue weighted by molar-refractivity contribution is -0.122. The fourth-order valence-electron chi connectivity index (χ4n) is 6.51. The van der Waals surface area contributed by atoms with E-state index >= 15 is 0 Å². The van der Waals surface area contributed by atoms with Crippen LogP contribution < -0.4 is 4.90 Å². The number of imide groups is 1. The highest BCUT2D eigenvalue weighted by molar-refractivity contribution is 6.38. The van der Waals surface area contributed by atoms with Gasteiger partial charge in [-0.05, 0) is 52.6 Å². The molecule has 8 rings (SSSR count). The predicted octanol–water partition coefficient (Wildman–Crippen LogP) is 6.79. The summed E-state index contributed by atoms with van der Waals surface area (Å²) >= 11 is 21.1. The fraction of sp³-hybridized carbons (Fsp3) is 0.156. The van der Waals surface area contributed by atoms with E-state index in [1.165, 1.54) is 12.1 Å². The largest absolute Gasteiger partial charge is 0.457 e. The first-order valence-corrected chi connectivity index (χ1v) is 13.9. The van der Waals surface area contributed by atoms with Gasteiger partial charge in [0.05, 0.1) is 23.1 Å². The maximum Gasteiger partial charge on any atom is 0.338 e. The summed E-state index contributed by atoms with van der Waals surface area (Å²) in [6.45, 7) is 0.0173. The van der Waals surface area contributed by atoms with Crippen LogP contribution in [0.25, 0.3) is 0 Å². The van der Waals surface area contributed by atoms with E-state index in [0.717, 1.165) is 27.2 Å². The Morgan fingerprint density at radius 1 is 0.700 bits per heavy atom. The number of carbonyl (C=O) groups is 3. The molecule has 1 aliphatic heterocycles. The Morgan fingerprint density at radius 2 is 1.15 bits per heavy atom. The van der Waals surface area contributed by atoms with Crippen LogP contribution in [0.1, 0.15) is 38.2 Å². The van der Waals surface area contributed by atoms with Crippen LogP contribution in [0.15, 0.2) is 97.1 Å². The molecule has 2 atom stereocenters. The third-order valence-electron chi connectivity index (χ3n) is 8.26. The van der Waals surface area contributed by atoms with Crippen molar-refractivity contribution < 1.29 is 19.1 Å². The summed E-state index contributed by atoms with van der Waals surface area (Å²) in [6, 6.07) is 28.3. The number of rotatable bonds is 4. The second kappa shape index (κ2) is 8.93. The summed E-state index contributed by atoms with van der Waals surface area (Å²) < 4.78 is 5.41. The average Bonchev–Trinajstić information content (AvgIpc) is 3.26. The highest BCUT2D eigenvalue weighted by Gasteiger charge is 2.73. The quantitative estimate of drug-likeness (QED) is 0.150. The molecule has 1 heterocycles. The van der Waals surface area contributed by atoms with Crippen LogP contribution in [0.4, 0.5) is 5.69 Å². The van der Waals surface area contributed by atoms with Crippen molar-refractivity contribution in [3.63, 3.8) is 0 Å². The molecule has 4 aliphatic rings. The molecule has 0 N–H and O–H groups in total. The number of carbonyl (C=O) groups excluding carboxylic acids is 3. The summed E-state index contributed by atoms with van der Waals surface area (Å²) in [6.07, 6.45) is 0. The zero-order valence-corrected chi connectivity index (χ0v) is 23.1. The van der Waals surface area contributed by atoms with E-state index < -0.39 is 39.4 Å². The number of halogens is 3. The highest BCUT2D eigenvalue weighted by Crippen LogP contribution is 2.69. The zero-order chi connectivity index (χ0) is 27.8. The third kappa shape index (κ3) is 3.26. The maximum absolute atomic E-state index is 14.1. The number of amides is 2. The van der Waals surface area contributed by atoms with E-state index in [9.17, 15) is 14.4 Å². The van der Waals surface area contributed by atoms with E-state index in [4.69, 9.17) is 39.5 Å². The van der Waals surface area contributed by atoms with E-state index in [1.54, 1.807) is 30.3 Å². The van der Waals surface area contributed by atoms with Crippen LogP contribution in [-0.2, 0) is 30.7 Å². The molecule has 3 aliphatic carbocycles. The first-order valence-electron chi connectivity index (χ1n) is 12.7. The Balaban J connectivity index is 1.23. The normalized spacial score (nSPS) is 25.8. The number of nitrogens with zero attached hydrogens (tertiary/aromatic N) is 1. The molecular formula is C32H20Cl3NO4. The second-order valence-corrected chi connectivity index (χ2v) is 11.8. The number of hydrogen-bond donors (Lipinski definition) is 0. The third-order valence-corrected chi connectivity index (χ3v) is 9.92. The molecule has 8 heteroatoms. The molecule has 4 aromatic rings. The standard InChI is InChI=1S/C32H20Cl3NO4/c33-25-12-6-1-7-19(25)17-40-30(39)18-13-15-20(16-14-18)36-28(37)26-27(29(36)38)32(35)22-9-3-2-8-21(22)31(26,34)23-10-4-5-11-24(23)32/h1-16,26-27H,17H2/t26-,27-,31?,32?/m0/s1. The summed E-state index contributed by atoms with van der Waals surface area (Å²) in [5.74, 6) is -3.20. The van der Waals surface area contributed by atoms with Gasteiger partial charge in [0.2, 0.25) is 11.8 Å².